The Morgan fingerprint density at radius 2 is 2.05 bits per heavy atom. The van der Waals surface area contributed by atoms with Crippen molar-refractivity contribution in [1.29, 1.82) is 0 Å². The van der Waals surface area contributed by atoms with Crippen molar-refractivity contribution in [2.24, 2.45) is 0 Å². The van der Waals surface area contributed by atoms with E-state index in [1.807, 2.05) is 18.5 Å². The summed E-state index contributed by atoms with van der Waals surface area (Å²) in [7, 11) is 0. The molecular weight excluding hydrogens is 238 g/mol. The molecule has 3 heteroatoms. The zero-order valence-corrected chi connectivity index (χ0v) is 10.6. The monoisotopic (exact) mass is 253 g/mol. The van der Waals surface area contributed by atoms with Crippen LogP contribution in [0.4, 0.5) is 0 Å². The smallest absolute Gasteiger partial charge is 0.231 e. The maximum absolute atomic E-state index is 5.48. The molecular formula is C16H15NO2. The first-order valence-corrected chi connectivity index (χ1v) is 6.74. The molecule has 0 N–H and O–H groups in total. The van der Waals surface area contributed by atoms with Crippen molar-refractivity contribution in [2.75, 3.05) is 6.79 Å². The summed E-state index contributed by atoms with van der Waals surface area (Å²) in [6, 6.07) is 8.44. The van der Waals surface area contributed by atoms with Gasteiger partial charge in [0, 0.05) is 18.3 Å². The number of ether oxygens (including phenoxy) is 2. The fourth-order valence-corrected chi connectivity index (χ4v) is 3.11. The maximum Gasteiger partial charge on any atom is 0.231 e. The van der Waals surface area contributed by atoms with Crippen LogP contribution in [0.2, 0.25) is 0 Å². The van der Waals surface area contributed by atoms with Gasteiger partial charge in [-0.3, -0.25) is 4.98 Å². The molecule has 1 aromatic carbocycles. The van der Waals surface area contributed by atoms with Crippen molar-refractivity contribution < 1.29 is 9.47 Å². The molecule has 0 amide bonds. The molecule has 4 rings (SSSR count). The van der Waals surface area contributed by atoms with E-state index in [-0.39, 0.29) is 0 Å². The van der Waals surface area contributed by atoms with E-state index in [9.17, 15) is 0 Å². The van der Waals surface area contributed by atoms with Crippen molar-refractivity contribution in [1.82, 2.24) is 4.98 Å². The second-order valence-corrected chi connectivity index (χ2v) is 5.13. The van der Waals surface area contributed by atoms with E-state index in [2.05, 4.69) is 23.2 Å². The van der Waals surface area contributed by atoms with Crippen molar-refractivity contribution >= 4 is 0 Å². The Morgan fingerprint density at radius 1 is 1.11 bits per heavy atom. The van der Waals surface area contributed by atoms with Gasteiger partial charge >= 0.3 is 0 Å². The topological polar surface area (TPSA) is 31.4 Å². The van der Waals surface area contributed by atoms with Crippen molar-refractivity contribution in [2.45, 2.75) is 25.2 Å². The number of fused-ring (bicyclic) bond motifs is 2. The number of aryl methyl sites for hydroxylation is 1. The van der Waals surface area contributed by atoms with Gasteiger partial charge in [0.1, 0.15) is 0 Å². The third-order valence-corrected chi connectivity index (χ3v) is 4.06. The number of rotatable bonds is 1. The highest BCUT2D eigenvalue weighted by molar-refractivity contribution is 5.48. The molecule has 0 bridgehead atoms. The lowest BCUT2D eigenvalue weighted by atomic mass is 9.80. The molecule has 1 unspecified atom stereocenters. The van der Waals surface area contributed by atoms with Crippen molar-refractivity contribution in [3.05, 3.63) is 53.3 Å². The molecule has 1 atom stereocenters. The fraction of sp³-hybridized carbons (Fsp3) is 0.312. The average Bonchev–Trinajstić information content (AvgIpc) is 2.94. The third kappa shape index (κ3) is 1.77. The Kier molecular flexibility index (Phi) is 2.44. The van der Waals surface area contributed by atoms with Crippen LogP contribution in [0.25, 0.3) is 0 Å². The Hall–Kier alpha value is -2.03. The van der Waals surface area contributed by atoms with E-state index < -0.39 is 0 Å². The fourth-order valence-electron chi connectivity index (χ4n) is 3.11. The van der Waals surface area contributed by atoms with E-state index in [0.29, 0.717) is 12.7 Å². The van der Waals surface area contributed by atoms with Crippen LogP contribution in [0.15, 0.2) is 36.7 Å². The van der Waals surface area contributed by atoms with Crippen LogP contribution in [-0.2, 0) is 6.42 Å². The first-order valence-electron chi connectivity index (χ1n) is 6.74. The predicted octanol–water partition coefficient (Wildman–Crippen LogP) is 3.28. The number of hydrogen-bond donors (Lipinski definition) is 0. The van der Waals surface area contributed by atoms with Crippen LogP contribution < -0.4 is 9.47 Å². The largest absolute Gasteiger partial charge is 0.454 e. The summed E-state index contributed by atoms with van der Waals surface area (Å²) < 4.78 is 10.9. The standard InChI is InChI=1S/C16H15NO2/c1-2-11-6-7-17-9-14(11)13(3-1)12-4-5-15-16(8-12)19-10-18-15/h4-9,13H,1-3,10H2. The molecule has 19 heavy (non-hydrogen) atoms. The molecule has 2 aromatic rings. The molecule has 0 saturated carbocycles. The van der Waals surface area contributed by atoms with E-state index in [4.69, 9.17) is 9.47 Å². The minimum absolute atomic E-state index is 0.335. The van der Waals surface area contributed by atoms with E-state index >= 15 is 0 Å². The van der Waals surface area contributed by atoms with Gasteiger partial charge in [-0.1, -0.05) is 6.07 Å². The minimum atomic E-state index is 0.335. The number of pyridine rings is 1. The molecule has 0 radical (unpaired) electrons. The number of benzene rings is 1. The van der Waals surface area contributed by atoms with Crippen LogP contribution in [-0.4, -0.2) is 11.8 Å². The SMILES string of the molecule is c1cc2c(cn1)C(c1ccc3c(c1)OCO3)CCC2. The summed E-state index contributed by atoms with van der Waals surface area (Å²) in [6.07, 6.45) is 7.48. The first kappa shape index (κ1) is 10.9. The van der Waals surface area contributed by atoms with Gasteiger partial charge in [-0.2, -0.15) is 0 Å². The van der Waals surface area contributed by atoms with Crippen molar-refractivity contribution in [3.63, 3.8) is 0 Å². The van der Waals surface area contributed by atoms with Gasteiger partial charge in [-0.15, -0.1) is 0 Å². The zero-order chi connectivity index (χ0) is 12.7. The van der Waals surface area contributed by atoms with E-state index in [1.165, 1.54) is 36.0 Å². The van der Waals surface area contributed by atoms with Crippen molar-refractivity contribution in [3.8, 4) is 11.5 Å². The highest BCUT2D eigenvalue weighted by atomic mass is 16.7. The molecule has 96 valence electrons. The molecule has 0 spiro atoms. The van der Waals surface area contributed by atoms with Crippen LogP contribution in [0.1, 0.15) is 35.4 Å². The molecule has 0 saturated heterocycles. The molecule has 2 aliphatic rings. The molecule has 1 aliphatic heterocycles. The molecule has 0 fully saturated rings. The minimum Gasteiger partial charge on any atom is -0.454 e. The molecule has 2 heterocycles. The van der Waals surface area contributed by atoms with Crippen LogP contribution >= 0.6 is 0 Å². The summed E-state index contributed by atoms with van der Waals surface area (Å²) >= 11 is 0. The van der Waals surface area contributed by atoms with Gasteiger partial charge in [0.25, 0.3) is 0 Å². The normalized spacial score (nSPS) is 20.1. The van der Waals surface area contributed by atoms with E-state index in [0.717, 1.165) is 11.5 Å². The molecule has 1 aliphatic carbocycles. The Bertz CT molecular complexity index is 624. The number of nitrogens with zero attached hydrogens (tertiary/aromatic N) is 1. The van der Waals surface area contributed by atoms with Gasteiger partial charge in [0.15, 0.2) is 11.5 Å². The summed E-state index contributed by atoms with van der Waals surface area (Å²) in [6.45, 7) is 0.335. The van der Waals surface area contributed by atoms with Gasteiger partial charge in [0.05, 0.1) is 0 Å². The second kappa shape index (κ2) is 4.26. The summed E-state index contributed by atoms with van der Waals surface area (Å²) in [5.74, 6) is 2.16. The quantitative estimate of drug-likeness (QED) is 0.781. The average molecular weight is 253 g/mol. The lowest BCUT2D eigenvalue weighted by molar-refractivity contribution is 0.174. The Morgan fingerprint density at radius 3 is 3.05 bits per heavy atom. The second-order valence-electron chi connectivity index (χ2n) is 5.13. The summed E-state index contributed by atoms with van der Waals surface area (Å²) in [5.41, 5.74) is 4.11. The summed E-state index contributed by atoms with van der Waals surface area (Å²) in [4.78, 5) is 4.29. The zero-order valence-electron chi connectivity index (χ0n) is 10.6. The lowest BCUT2D eigenvalue weighted by Gasteiger charge is -2.25. The number of hydrogen-bond acceptors (Lipinski definition) is 3. The molecule has 1 aromatic heterocycles. The van der Waals surface area contributed by atoms with Crippen LogP contribution in [0.5, 0.6) is 11.5 Å². The third-order valence-electron chi connectivity index (χ3n) is 4.06. The van der Waals surface area contributed by atoms with Gasteiger partial charge in [0.2, 0.25) is 6.79 Å². The van der Waals surface area contributed by atoms with Gasteiger partial charge in [-0.05, 0) is 54.2 Å². The van der Waals surface area contributed by atoms with Crippen LogP contribution in [0, 0.1) is 0 Å². The highest BCUT2D eigenvalue weighted by Crippen LogP contribution is 2.40. The van der Waals surface area contributed by atoms with Gasteiger partial charge in [-0.25, -0.2) is 0 Å². The lowest BCUT2D eigenvalue weighted by Crippen LogP contribution is -2.11. The number of aromatic nitrogens is 1. The van der Waals surface area contributed by atoms with Crippen LogP contribution in [0.3, 0.4) is 0 Å². The van der Waals surface area contributed by atoms with Gasteiger partial charge < -0.3 is 9.47 Å². The molecule has 3 nitrogen and oxygen atoms in total. The maximum atomic E-state index is 5.48. The Labute approximate surface area is 112 Å². The summed E-state index contributed by atoms with van der Waals surface area (Å²) in [5, 5.41) is 0. The highest BCUT2D eigenvalue weighted by Gasteiger charge is 2.24. The Balaban J connectivity index is 1.77. The first-order chi connectivity index (χ1) is 9.42. The predicted molar refractivity (Wildman–Crippen MR) is 71.6 cm³/mol. The van der Waals surface area contributed by atoms with E-state index in [1.54, 1.807) is 0 Å².